The Morgan fingerprint density at radius 2 is 2.04 bits per heavy atom. The molecule has 2 aliphatic heterocycles. The monoisotopic (exact) mass is 355 g/mol. The van der Waals surface area contributed by atoms with Crippen molar-refractivity contribution in [3.05, 3.63) is 23.8 Å². The summed E-state index contributed by atoms with van der Waals surface area (Å²) in [5.41, 5.74) is 2.35. The molecule has 7 heteroatoms. The molecular weight excluding hydrogens is 330 g/mol. The molecule has 138 valence electrons. The van der Waals surface area contributed by atoms with E-state index in [0.29, 0.717) is 30.7 Å². The quantitative estimate of drug-likeness (QED) is 0.916. The van der Waals surface area contributed by atoms with E-state index in [2.05, 4.69) is 47.4 Å². The van der Waals surface area contributed by atoms with Crippen molar-refractivity contribution in [2.24, 2.45) is 7.05 Å². The van der Waals surface area contributed by atoms with Crippen LogP contribution in [-0.2, 0) is 11.8 Å². The zero-order valence-electron chi connectivity index (χ0n) is 15.5. The predicted octanol–water partition coefficient (Wildman–Crippen LogP) is 2.22. The minimum Gasteiger partial charge on any atom is -0.300 e. The van der Waals surface area contributed by atoms with Gasteiger partial charge in [0.25, 0.3) is 0 Å². The van der Waals surface area contributed by atoms with E-state index < -0.39 is 6.03 Å². The van der Waals surface area contributed by atoms with Gasteiger partial charge in [-0.25, -0.2) is 4.79 Å². The highest BCUT2D eigenvalue weighted by Crippen LogP contribution is 2.33. The van der Waals surface area contributed by atoms with Crippen LogP contribution in [0.3, 0.4) is 0 Å². The highest BCUT2D eigenvalue weighted by Gasteiger charge is 2.29. The molecule has 2 aromatic rings. The van der Waals surface area contributed by atoms with Crippen LogP contribution in [0.2, 0.25) is 0 Å². The lowest BCUT2D eigenvalue weighted by Gasteiger charge is -2.24. The molecule has 0 radical (unpaired) electrons. The van der Waals surface area contributed by atoms with Crippen molar-refractivity contribution in [1.29, 1.82) is 0 Å². The Morgan fingerprint density at radius 1 is 1.23 bits per heavy atom. The van der Waals surface area contributed by atoms with Gasteiger partial charge in [0.1, 0.15) is 0 Å². The Bertz CT molecular complexity index is 872. The normalized spacial score (nSPS) is 21.8. The summed E-state index contributed by atoms with van der Waals surface area (Å²) in [4.78, 5) is 27.6. The number of hydrogen-bond donors (Lipinski definition) is 1. The van der Waals surface area contributed by atoms with Crippen LogP contribution >= 0.6 is 0 Å². The first kappa shape index (κ1) is 17.0. The maximum Gasteiger partial charge on any atom is 0.329 e. The highest BCUT2D eigenvalue weighted by molar-refractivity contribution is 6.08. The summed E-state index contributed by atoms with van der Waals surface area (Å²) in [7, 11) is 1.90. The molecular formula is C19H25N5O2. The molecule has 4 rings (SSSR count). The molecule has 26 heavy (non-hydrogen) atoms. The van der Waals surface area contributed by atoms with Crippen LogP contribution in [0.4, 0.5) is 10.6 Å². The average Bonchev–Trinajstić information content (AvgIpc) is 3.21. The van der Waals surface area contributed by atoms with E-state index >= 15 is 0 Å². The standard InChI is InChI=1S/C19H25N5O2/c1-12(2)23-8-6-14(11-23)13-4-5-15-16(10-13)22(3)21-18(15)24-9-7-17(25)20-19(24)26/h4-5,10,12,14H,6-9,11H2,1-3H3,(H,20,25,26). The van der Waals surface area contributed by atoms with Gasteiger partial charge in [0, 0.05) is 38.0 Å². The van der Waals surface area contributed by atoms with E-state index in [-0.39, 0.29) is 5.91 Å². The molecule has 1 unspecified atom stereocenters. The largest absolute Gasteiger partial charge is 0.329 e. The van der Waals surface area contributed by atoms with Crippen LogP contribution in [0.5, 0.6) is 0 Å². The van der Waals surface area contributed by atoms with E-state index in [1.54, 1.807) is 4.90 Å². The molecule has 1 atom stereocenters. The van der Waals surface area contributed by atoms with Gasteiger partial charge in [-0.05, 0) is 50.4 Å². The number of rotatable bonds is 3. The van der Waals surface area contributed by atoms with Gasteiger partial charge in [-0.1, -0.05) is 6.07 Å². The number of likely N-dealkylation sites (tertiary alicyclic amines) is 1. The number of nitrogens with zero attached hydrogens (tertiary/aromatic N) is 4. The Kier molecular flexibility index (Phi) is 4.19. The van der Waals surface area contributed by atoms with Gasteiger partial charge < -0.3 is 4.90 Å². The van der Waals surface area contributed by atoms with Crippen LogP contribution in [0.1, 0.15) is 38.2 Å². The first-order valence-corrected chi connectivity index (χ1v) is 9.26. The number of imide groups is 1. The van der Waals surface area contributed by atoms with Crippen LogP contribution < -0.4 is 10.2 Å². The summed E-state index contributed by atoms with van der Waals surface area (Å²) in [5, 5.41) is 7.87. The molecule has 2 saturated heterocycles. The van der Waals surface area contributed by atoms with Gasteiger partial charge >= 0.3 is 6.03 Å². The molecule has 0 aliphatic carbocycles. The number of carbonyl (C=O) groups excluding carboxylic acids is 2. The maximum absolute atomic E-state index is 12.2. The number of nitrogens with one attached hydrogen (secondary N) is 1. The molecule has 1 aromatic heterocycles. The summed E-state index contributed by atoms with van der Waals surface area (Å²) in [6.07, 6.45) is 1.47. The van der Waals surface area contributed by atoms with E-state index in [1.165, 1.54) is 12.0 Å². The Labute approximate surface area is 152 Å². The number of fused-ring (bicyclic) bond motifs is 1. The molecule has 3 amide bonds. The Morgan fingerprint density at radius 3 is 2.73 bits per heavy atom. The number of urea groups is 1. The second-order valence-corrected chi connectivity index (χ2v) is 7.55. The van der Waals surface area contributed by atoms with Gasteiger partial charge in [0.2, 0.25) is 5.91 Å². The Hall–Kier alpha value is -2.41. The summed E-state index contributed by atoms with van der Waals surface area (Å²) in [6, 6.07) is 6.61. The number of carbonyl (C=O) groups is 2. The van der Waals surface area contributed by atoms with Gasteiger partial charge in [0.05, 0.1) is 5.52 Å². The molecule has 0 bridgehead atoms. The van der Waals surface area contributed by atoms with Gasteiger partial charge in [-0.2, -0.15) is 5.10 Å². The molecule has 0 spiro atoms. The van der Waals surface area contributed by atoms with E-state index in [4.69, 9.17) is 0 Å². The molecule has 1 N–H and O–H groups in total. The average molecular weight is 355 g/mol. The molecule has 2 aliphatic rings. The maximum atomic E-state index is 12.2. The summed E-state index contributed by atoms with van der Waals surface area (Å²) in [5.74, 6) is 0.926. The van der Waals surface area contributed by atoms with Crippen molar-refractivity contribution in [3.8, 4) is 0 Å². The zero-order chi connectivity index (χ0) is 18.4. The zero-order valence-corrected chi connectivity index (χ0v) is 15.5. The van der Waals surface area contributed by atoms with Crippen LogP contribution in [0.15, 0.2) is 18.2 Å². The van der Waals surface area contributed by atoms with Crippen molar-refractivity contribution in [3.63, 3.8) is 0 Å². The lowest BCUT2D eigenvalue weighted by atomic mass is 9.97. The van der Waals surface area contributed by atoms with E-state index in [0.717, 1.165) is 24.0 Å². The third-order valence-electron chi connectivity index (χ3n) is 5.59. The van der Waals surface area contributed by atoms with Crippen molar-refractivity contribution in [1.82, 2.24) is 20.0 Å². The van der Waals surface area contributed by atoms with Crippen LogP contribution in [-0.4, -0.2) is 52.3 Å². The molecule has 0 saturated carbocycles. The lowest BCUT2D eigenvalue weighted by Crippen LogP contribution is -2.49. The van der Waals surface area contributed by atoms with E-state index in [1.807, 2.05) is 11.7 Å². The van der Waals surface area contributed by atoms with Crippen molar-refractivity contribution >= 4 is 28.7 Å². The lowest BCUT2D eigenvalue weighted by molar-refractivity contribution is -0.120. The minimum absolute atomic E-state index is 0.232. The number of amides is 3. The second kappa shape index (κ2) is 6.39. The molecule has 2 fully saturated rings. The third kappa shape index (κ3) is 2.86. The fourth-order valence-electron chi connectivity index (χ4n) is 4.00. The fourth-order valence-corrected chi connectivity index (χ4v) is 4.00. The predicted molar refractivity (Wildman–Crippen MR) is 100 cm³/mol. The second-order valence-electron chi connectivity index (χ2n) is 7.55. The van der Waals surface area contributed by atoms with Crippen molar-refractivity contribution in [2.45, 2.75) is 38.6 Å². The highest BCUT2D eigenvalue weighted by atomic mass is 16.2. The summed E-state index contributed by atoms with van der Waals surface area (Å²) in [6.45, 7) is 7.08. The number of benzene rings is 1. The van der Waals surface area contributed by atoms with Crippen molar-refractivity contribution < 1.29 is 9.59 Å². The number of hydrogen-bond acceptors (Lipinski definition) is 4. The first-order valence-electron chi connectivity index (χ1n) is 9.26. The smallest absolute Gasteiger partial charge is 0.300 e. The van der Waals surface area contributed by atoms with E-state index in [9.17, 15) is 9.59 Å². The number of anilines is 1. The summed E-state index contributed by atoms with van der Waals surface area (Å²) < 4.78 is 1.83. The first-order chi connectivity index (χ1) is 12.4. The SMILES string of the molecule is CC(C)N1CCC(c2ccc3c(N4CCC(=O)NC4=O)nn(C)c3c2)C1. The Balaban J connectivity index is 1.65. The van der Waals surface area contributed by atoms with Gasteiger partial charge in [-0.3, -0.25) is 19.7 Å². The fraction of sp³-hybridized carbons (Fsp3) is 0.526. The topological polar surface area (TPSA) is 70.5 Å². The molecule has 3 heterocycles. The van der Waals surface area contributed by atoms with Crippen molar-refractivity contribution in [2.75, 3.05) is 24.5 Å². The number of aryl methyl sites for hydroxylation is 1. The van der Waals surface area contributed by atoms with Crippen LogP contribution in [0, 0.1) is 0 Å². The number of aromatic nitrogens is 2. The summed E-state index contributed by atoms with van der Waals surface area (Å²) >= 11 is 0. The third-order valence-corrected chi connectivity index (χ3v) is 5.59. The molecule has 1 aromatic carbocycles. The van der Waals surface area contributed by atoms with Gasteiger partial charge in [-0.15, -0.1) is 0 Å². The van der Waals surface area contributed by atoms with Crippen LogP contribution in [0.25, 0.3) is 10.9 Å². The minimum atomic E-state index is -0.395. The molecule has 7 nitrogen and oxygen atoms in total. The van der Waals surface area contributed by atoms with Gasteiger partial charge in [0.15, 0.2) is 5.82 Å².